The smallest absolute Gasteiger partial charge is 0.457 e. The number of hydrogen-bond donors (Lipinski definition) is 1. The molecule has 332 valence electrons. The number of carbonyl (C=O) groups excluding carboxylic acids is 1. The van der Waals surface area contributed by atoms with Crippen molar-refractivity contribution in [2.45, 2.75) is 187 Å². The molecule has 0 aliphatic rings. The zero-order valence-corrected chi connectivity index (χ0v) is 38.5. The van der Waals surface area contributed by atoms with Gasteiger partial charge in [0.1, 0.15) is 19.3 Å². The van der Waals surface area contributed by atoms with Crippen molar-refractivity contribution in [2.75, 3.05) is 54.1 Å². The number of quaternary nitrogens is 1. The van der Waals surface area contributed by atoms with Crippen LogP contribution < -0.4 is 0 Å². The van der Waals surface area contributed by atoms with Gasteiger partial charge in [-0.15, -0.1) is 0 Å². The van der Waals surface area contributed by atoms with Gasteiger partial charge in [0.2, 0.25) is 0 Å². The number of ether oxygens (including phenoxy) is 2. The van der Waals surface area contributed by atoms with Crippen LogP contribution in [0.15, 0.2) is 60.8 Å². The van der Waals surface area contributed by atoms with Crippen LogP contribution in [0.1, 0.15) is 181 Å². The number of esters is 1. The first kappa shape index (κ1) is 55.2. The first-order chi connectivity index (χ1) is 27.6. The van der Waals surface area contributed by atoms with Crippen molar-refractivity contribution < 1.29 is 37.3 Å². The molecule has 9 heteroatoms. The van der Waals surface area contributed by atoms with Gasteiger partial charge in [0, 0.05) is 13.0 Å². The van der Waals surface area contributed by atoms with E-state index in [1.807, 2.05) is 21.1 Å². The Morgan fingerprint density at radius 2 is 1.02 bits per heavy atom. The predicted octanol–water partition coefficient (Wildman–Crippen LogP) is 13.7. The average molecular weight is 823 g/mol. The van der Waals surface area contributed by atoms with Crippen molar-refractivity contribution in [2.24, 2.45) is 0 Å². The van der Waals surface area contributed by atoms with Crippen molar-refractivity contribution in [3.8, 4) is 0 Å². The Labute approximate surface area is 351 Å². The molecule has 0 fully saturated rings. The van der Waals surface area contributed by atoms with E-state index in [1.165, 1.54) is 103 Å². The summed E-state index contributed by atoms with van der Waals surface area (Å²) in [4.78, 5) is 22.9. The third-order valence-electron chi connectivity index (χ3n) is 9.56. The second kappa shape index (κ2) is 41.0. The molecule has 2 atom stereocenters. The summed E-state index contributed by atoms with van der Waals surface area (Å²) in [6.07, 6.45) is 51.3. The Morgan fingerprint density at radius 1 is 0.561 bits per heavy atom. The lowest BCUT2D eigenvalue weighted by atomic mass is 10.1. The van der Waals surface area contributed by atoms with E-state index in [0.717, 1.165) is 57.8 Å². The minimum atomic E-state index is -4.29. The number of likely N-dealkylation sites (N-methyl/N-ethyl adjacent to an activating group) is 1. The van der Waals surface area contributed by atoms with Gasteiger partial charge in [0.25, 0.3) is 0 Å². The zero-order valence-electron chi connectivity index (χ0n) is 37.6. The maximum Gasteiger partial charge on any atom is 0.472 e. The maximum atomic E-state index is 12.7. The topological polar surface area (TPSA) is 91.3 Å². The summed E-state index contributed by atoms with van der Waals surface area (Å²) < 4.78 is 34.9. The molecular formula is C48H89NO7P+. The van der Waals surface area contributed by atoms with Crippen LogP contribution in [0.2, 0.25) is 0 Å². The highest BCUT2D eigenvalue weighted by atomic mass is 31.2. The van der Waals surface area contributed by atoms with E-state index in [-0.39, 0.29) is 25.8 Å². The largest absolute Gasteiger partial charge is 0.472 e. The summed E-state index contributed by atoms with van der Waals surface area (Å²) in [7, 11) is 1.63. The first-order valence-electron chi connectivity index (χ1n) is 23.0. The van der Waals surface area contributed by atoms with Gasteiger partial charge < -0.3 is 18.9 Å². The van der Waals surface area contributed by atoms with Gasteiger partial charge in [-0.05, 0) is 70.6 Å². The predicted molar refractivity (Wildman–Crippen MR) is 242 cm³/mol. The van der Waals surface area contributed by atoms with E-state index in [4.69, 9.17) is 18.5 Å². The monoisotopic (exact) mass is 823 g/mol. The highest BCUT2D eigenvalue weighted by Crippen LogP contribution is 2.43. The third-order valence-corrected chi connectivity index (χ3v) is 10.5. The molecule has 0 aromatic heterocycles. The second-order valence-corrected chi connectivity index (χ2v) is 17.9. The fourth-order valence-electron chi connectivity index (χ4n) is 6.02. The summed E-state index contributed by atoms with van der Waals surface area (Å²) >= 11 is 0. The molecular weight excluding hydrogens is 734 g/mol. The summed E-state index contributed by atoms with van der Waals surface area (Å²) in [6, 6.07) is 0. The van der Waals surface area contributed by atoms with E-state index < -0.39 is 13.9 Å². The molecule has 8 nitrogen and oxygen atoms in total. The van der Waals surface area contributed by atoms with Gasteiger partial charge in [0.15, 0.2) is 0 Å². The van der Waals surface area contributed by atoms with Crippen LogP contribution in [0.5, 0.6) is 0 Å². The molecule has 0 saturated carbocycles. The zero-order chi connectivity index (χ0) is 42.0. The number of hydrogen-bond acceptors (Lipinski definition) is 6. The summed E-state index contributed by atoms with van der Waals surface area (Å²) in [5, 5.41) is 0. The lowest BCUT2D eigenvalue weighted by molar-refractivity contribution is -0.870. The molecule has 0 rings (SSSR count). The van der Waals surface area contributed by atoms with E-state index in [2.05, 4.69) is 74.6 Å². The number of phosphoric acid groups is 1. The van der Waals surface area contributed by atoms with E-state index in [0.29, 0.717) is 24.1 Å². The highest BCUT2D eigenvalue weighted by Gasteiger charge is 2.26. The molecule has 0 radical (unpaired) electrons. The van der Waals surface area contributed by atoms with E-state index in [1.54, 1.807) is 0 Å². The van der Waals surface area contributed by atoms with Crippen molar-refractivity contribution in [3.63, 3.8) is 0 Å². The third kappa shape index (κ3) is 45.1. The van der Waals surface area contributed by atoms with Gasteiger partial charge >= 0.3 is 13.8 Å². The Kier molecular flexibility index (Phi) is 39.7. The van der Waals surface area contributed by atoms with Gasteiger partial charge in [-0.2, -0.15) is 0 Å². The van der Waals surface area contributed by atoms with Crippen LogP contribution in [0.3, 0.4) is 0 Å². The summed E-state index contributed by atoms with van der Waals surface area (Å²) in [5.74, 6) is -0.336. The lowest BCUT2D eigenvalue weighted by Gasteiger charge is -2.24. The van der Waals surface area contributed by atoms with Crippen LogP contribution in [0.4, 0.5) is 0 Å². The molecule has 0 spiro atoms. The highest BCUT2D eigenvalue weighted by molar-refractivity contribution is 7.47. The fraction of sp³-hybridized carbons (Fsp3) is 0.771. The summed E-state index contributed by atoms with van der Waals surface area (Å²) in [6.45, 7) is 5.35. The maximum absolute atomic E-state index is 12.7. The Balaban J connectivity index is 4.24. The fourth-order valence-corrected chi connectivity index (χ4v) is 6.76. The number of phosphoric ester groups is 1. The molecule has 1 N–H and O–H groups in total. The molecule has 0 aliphatic heterocycles. The van der Waals surface area contributed by atoms with Crippen LogP contribution in [0, 0.1) is 0 Å². The van der Waals surface area contributed by atoms with Crippen LogP contribution >= 0.6 is 7.82 Å². The Morgan fingerprint density at radius 3 is 1.54 bits per heavy atom. The molecule has 0 aliphatic carbocycles. The van der Waals surface area contributed by atoms with Crippen LogP contribution in [-0.2, 0) is 27.9 Å². The molecule has 0 bridgehead atoms. The number of carbonyl (C=O) groups is 1. The normalized spacial score (nSPS) is 14.3. The second-order valence-electron chi connectivity index (χ2n) is 16.4. The lowest BCUT2D eigenvalue weighted by Crippen LogP contribution is -2.37. The standard InChI is InChI=1S/C48H88NO7P/c1-6-8-10-12-14-16-18-20-22-23-24-25-26-27-28-29-31-33-35-37-39-41-48(50)56-47(46-55-57(51,52)54-44-42-49(3,4)5)45-53-43-40-38-36-34-32-30-21-19-17-15-13-11-9-7-2/h9,11,15,17,21,23-24,30,34,36,47H,6-8,10,12-14,16,18-20,22,25-29,31-33,35,37-46H2,1-5H3/p+1/b11-9-,17-15-,24-23-,30-21-,36-34-. The molecule has 0 saturated heterocycles. The van der Waals surface area contributed by atoms with Gasteiger partial charge in [0.05, 0.1) is 34.4 Å². The molecule has 0 aromatic carbocycles. The first-order valence-corrected chi connectivity index (χ1v) is 24.5. The van der Waals surface area contributed by atoms with Gasteiger partial charge in [-0.25, -0.2) is 4.57 Å². The minimum Gasteiger partial charge on any atom is -0.457 e. The van der Waals surface area contributed by atoms with Crippen molar-refractivity contribution in [1.29, 1.82) is 0 Å². The SMILES string of the molecule is CC/C=C\C/C=C\C/C=C\C/C=C\CCCOCC(COP(=O)(O)OCC[N+](C)(C)C)OC(=O)CCCCCCCCCCC/C=C\CCCCCCCCCC. The van der Waals surface area contributed by atoms with Crippen molar-refractivity contribution in [3.05, 3.63) is 60.8 Å². The molecule has 0 amide bonds. The van der Waals surface area contributed by atoms with E-state index >= 15 is 0 Å². The van der Waals surface area contributed by atoms with Crippen molar-refractivity contribution in [1.82, 2.24) is 0 Å². The molecule has 0 heterocycles. The molecule has 57 heavy (non-hydrogen) atoms. The molecule has 2 unspecified atom stereocenters. The minimum absolute atomic E-state index is 0.0760. The number of allylic oxidation sites excluding steroid dienone is 10. The number of unbranched alkanes of at least 4 members (excludes halogenated alkanes) is 18. The van der Waals surface area contributed by atoms with Gasteiger partial charge in [-0.3, -0.25) is 13.8 Å². The average Bonchev–Trinajstić information content (AvgIpc) is 3.16. The van der Waals surface area contributed by atoms with Crippen molar-refractivity contribution >= 4 is 13.8 Å². The van der Waals surface area contributed by atoms with Crippen LogP contribution in [-0.4, -0.2) is 75.6 Å². The quantitative estimate of drug-likeness (QED) is 0.0215. The Hall–Kier alpha value is -1.80. The number of rotatable bonds is 42. The number of nitrogens with zero attached hydrogens (tertiary/aromatic N) is 1. The molecule has 0 aromatic rings. The summed E-state index contributed by atoms with van der Waals surface area (Å²) in [5.41, 5.74) is 0. The van der Waals surface area contributed by atoms with Crippen LogP contribution in [0.25, 0.3) is 0 Å². The Bertz CT molecular complexity index is 1090. The van der Waals surface area contributed by atoms with Gasteiger partial charge in [-0.1, -0.05) is 164 Å². The van der Waals surface area contributed by atoms with E-state index in [9.17, 15) is 14.3 Å².